The number of alkyl carbamates (subject to hydrolysis) is 1. The van der Waals surface area contributed by atoms with Gasteiger partial charge in [0, 0.05) is 18.7 Å². The Kier molecular flexibility index (Phi) is 10.5. The van der Waals surface area contributed by atoms with Gasteiger partial charge in [0.05, 0.1) is 0 Å². The van der Waals surface area contributed by atoms with Crippen LogP contribution >= 0.6 is 0 Å². The molecule has 7 nitrogen and oxygen atoms in total. The molecule has 3 rings (SSSR count). The van der Waals surface area contributed by atoms with E-state index in [0.717, 1.165) is 22.3 Å². The lowest BCUT2D eigenvalue weighted by molar-refractivity contribution is -0.140. The summed E-state index contributed by atoms with van der Waals surface area (Å²) in [6, 6.07) is 20.6. The van der Waals surface area contributed by atoms with Crippen LogP contribution < -0.4 is 10.6 Å². The Morgan fingerprint density at radius 2 is 1.56 bits per heavy atom. The smallest absolute Gasteiger partial charge is 0.408 e. The van der Waals surface area contributed by atoms with Crippen molar-refractivity contribution < 1.29 is 19.1 Å². The Balaban J connectivity index is 2.07. The summed E-state index contributed by atoms with van der Waals surface area (Å²) >= 11 is 0. The van der Waals surface area contributed by atoms with Gasteiger partial charge < -0.3 is 20.3 Å². The van der Waals surface area contributed by atoms with E-state index in [1.807, 2.05) is 93.6 Å². The molecule has 0 saturated heterocycles. The van der Waals surface area contributed by atoms with E-state index in [2.05, 4.69) is 17.2 Å². The summed E-state index contributed by atoms with van der Waals surface area (Å²) in [5.41, 5.74) is 4.38. The number of anilines is 1. The number of rotatable bonds is 10. The summed E-state index contributed by atoms with van der Waals surface area (Å²) in [7, 11) is 0. The first kappa shape index (κ1) is 31.1. The van der Waals surface area contributed by atoms with Crippen LogP contribution in [0.3, 0.4) is 0 Å². The normalized spacial score (nSPS) is 12.5. The summed E-state index contributed by atoms with van der Waals surface area (Å²) in [5, 5.41) is 5.78. The minimum Gasteiger partial charge on any atom is -0.444 e. The zero-order valence-corrected chi connectivity index (χ0v) is 24.9. The predicted octanol–water partition coefficient (Wildman–Crippen LogP) is 6.44. The molecule has 0 radical (unpaired) electrons. The number of amides is 3. The van der Waals surface area contributed by atoms with Crippen LogP contribution in [0.2, 0.25) is 0 Å². The number of carbonyl (C=O) groups excluding carboxylic acids is 3. The molecule has 2 N–H and O–H groups in total. The van der Waals surface area contributed by atoms with Crippen molar-refractivity contribution in [2.45, 2.75) is 65.6 Å². The third kappa shape index (κ3) is 8.80. The van der Waals surface area contributed by atoms with Gasteiger partial charge in [-0.3, -0.25) is 9.59 Å². The van der Waals surface area contributed by atoms with Gasteiger partial charge >= 0.3 is 6.09 Å². The van der Waals surface area contributed by atoms with Crippen LogP contribution in [0.15, 0.2) is 85.5 Å². The molecule has 0 saturated carbocycles. The second kappa shape index (κ2) is 13.8. The standard InChI is InChI=1S/C34H41N3O4/c1-8-20-37(32(39)29(22-26-15-10-9-11-16-26)36-33(40)41-34(5,6)7)30(27-19-18-23(2)25(4)21-27)31(38)35-28-17-13-12-14-24(28)3/h8-19,21,29-30H,1,20,22H2,2-7H3,(H,35,38)(H,36,40). The molecule has 0 bridgehead atoms. The Bertz CT molecular complexity index is 1380. The summed E-state index contributed by atoms with van der Waals surface area (Å²) in [5.74, 6) is -0.795. The van der Waals surface area contributed by atoms with Crippen molar-refractivity contribution in [2.24, 2.45) is 0 Å². The molecule has 0 aromatic heterocycles. The highest BCUT2D eigenvalue weighted by Crippen LogP contribution is 2.27. The molecule has 3 aromatic rings. The van der Waals surface area contributed by atoms with Gasteiger partial charge in [0.25, 0.3) is 5.91 Å². The summed E-state index contributed by atoms with van der Waals surface area (Å²) < 4.78 is 5.49. The molecule has 0 aliphatic heterocycles. The third-order valence-electron chi connectivity index (χ3n) is 6.69. The fourth-order valence-corrected chi connectivity index (χ4v) is 4.48. The van der Waals surface area contributed by atoms with Gasteiger partial charge in [-0.25, -0.2) is 4.79 Å². The van der Waals surface area contributed by atoms with Gasteiger partial charge in [-0.1, -0.05) is 72.8 Å². The summed E-state index contributed by atoms with van der Waals surface area (Å²) in [4.78, 5) is 42.7. The van der Waals surface area contributed by atoms with Crippen molar-refractivity contribution in [2.75, 3.05) is 11.9 Å². The molecule has 7 heteroatoms. The Morgan fingerprint density at radius 3 is 2.17 bits per heavy atom. The first-order valence-electron chi connectivity index (χ1n) is 13.8. The third-order valence-corrected chi connectivity index (χ3v) is 6.69. The van der Waals surface area contributed by atoms with E-state index in [-0.39, 0.29) is 18.9 Å². The highest BCUT2D eigenvalue weighted by atomic mass is 16.6. The molecular formula is C34H41N3O4. The lowest BCUT2D eigenvalue weighted by Crippen LogP contribution is -2.53. The number of aryl methyl sites for hydroxylation is 3. The number of carbonyl (C=O) groups is 3. The van der Waals surface area contributed by atoms with Crippen LogP contribution in [0.25, 0.3) is 0 Å². The molecular weight excluding hydrogens is 514 g/mol. The molecule has 3 amide bonds. The minimum atomic E-state index is -0.993. The monoisotopic (exact) mass is 555 g/mol. The van der Waals surface area contributed by atoms with Gasteiger partial charge in [-0.2, -0.15) is 0 Å². The average Bonchev–Trinajstić information content (AvgIpc) is 2.90. The first-order chi connectivity index (χ1) is 19.4. The molecule has 216 valence electrons. The summed E-state index contributed by atoms with van der Waals surface area (Å²) in [6.07, 6.45) is 1.09. The molecule has 0 aliphatic carbocycles. The van der Waals surface area contributed by atoms with Gasteiger partial charge in [-0.05, 0) is 75.4 Å². The predicted molar refractivity (Wildman–Crippen MR) is 164 cm³/mol. The first-order valence-corrected chi connectivity index (χ1v) is 13.8. The molecule has 0 aliphatic rings. The van der Waals surface area contributed by atoms with Crippen LogP contribution in [-0.4, -0.2) is 41.0 Å². The van der Waals surface area contributed by atoms with Crippen molar-refractivity contribution in [3.8, 4) is 0 Å². The highest BCUT2D eigenvalue weighted by molar-refractivity contribution is 5.99. The molecule has 0 heterocycles. The van der Waals surface area contributed by atoms with Crippen molar-refractivity contribution in [1.29, 1.82) is 0 Å². The highest BCUT2D eigenvalue weighted by Gasteiger charge is 2.36. The van der Waals surface area contributed by atoms with Gasteiger partial charge in [0.2, 0.25) is 5.91 Å². The molecule has 41 heavy (non-hydrogen) atoms. The number of para-hydroxylation sites is 1. The van der Waals surface area contributed by atoms with Crippen LogP contribution in [-0.2, 0) is 20.7 Å². The fraction of sp³-hybridized carbons (Fsp3) is 0.324. The van der Waals surface area contributed by atoms with E-state index < -0.39 is 29.7 Å². The molecule has 3 aromatic carbocycles. The maximum atomic E-state index is 14.4. The Labute approximate surface area is 243 Å². The van der Waals surface area contributed by atoms with Crippen molar-refractivity contribution >= 4 is 23.6 Å². The Morgan fingerprint density at radius 1 is 0.902 bits per heavy atom. The van der Waals surface area contributed by atoms with E-state index in [1.54, 1.807) is 26.8 Å². The topological polar surface area (TPSA) is 87.7 Å². The van der Waals surface area contributed by atoms with Crippen LogP contribution in [0.5, 0.6) is 0 Å². The molecule has 2 atom stereocenters. The number of hydrogen-bond acceptors (Lipinski definition) is 4. The molecule has 0 fully saturated rings. The van der Waals surface area contributed by atoms with E-state index in [0.29, 0.717) is 11.3 Å². The van der Waals surface area contributed by atoms with E-state index in [4.69, 9.17) is 4.74 Å². The van der Waals surface area contributed by atoms with E-state index >= 15 is 0 Å². The van der Waals surface area contributed by atoms with Crippen molar-refractivity contribution in [3.63, 3.8) is 0 Å². The number of ether oxygens (including phenoxy) is 1. The largest absolute Gasteiger partial charge is 0.444 e. The quantitative estimate of drug-likeness (QED) is 0.282. The van der Waals surface area contributed by atoms with Crippen LogP contribution in [0.4, 0.5) is 10.5 Å². The second-order valence-electron chi connectivity index (χ2n) is 11.2. The number of benzene rings is 3. The van der Waals surface area contributed by atoms with E-state index in [9.17, 15) is 14.4 Å². The maximum absolute atomic E-state index is 14.4. The zero-order valence-electron chi connectivity index (χ0n) is 24.9. The van der Waals surface area contributed by atoms with Gasteiger partial charge in [0.15, 0.2) is 0 Å². The van der Waals surface area contributed by atoms with Crippen LogP contribution in [0.1, 0.15) is 54.6 Å². The average molecular weight is 556 g/mol. The molecule has 0 spiro atoms. The van der Waals surface area contributed by atoms with Crippen molar-refractivity contribution in [1.82, 2.24) is 10.2 Å². The number of hydrogen-bond donors (Lipinski definition) is 2. The van der Waals surface area contributed by atoms with E-state index in [1.165, 1.54) is 4.90 Å². The number of nitrogens with one attached hydrogen (secondary N) is 2. The lowest BCUT2D eigenvalue weighted by atomic mass is 9.97. The molecule has 2 unspecified atom stereocenters. The Hall–Kier alpha value is -4.39. The fourth-order valence-electron chi connectivity index (χ4n) is 4.48. The number of nitrogens with zero attached hydrogens (tertiary/aromatic N) is 1. The van der Waals surface area contributed by atoms with Gasteiger partial charge in [0.1, 0.15) is 17.7 Å². The van der Waals surface area contributed by atoms with Gasteiger partial charge in [-0.15, -0.1) is 6.58 Å². The SMILES string of the molecule is C=CCN(C(=O)C(Cc1ccccc1)NC(=O)OC(C)(C)C)C(C(=O)Nc1ccccc1C)c1ccc(C)c(C)c1. The lowest BCUT2D eigenvalue weighted by Gasteiger charge is -2.34. The minimum absolute atomic E-state index is 0.0822. The maximum Gasteiger partial charge on any atom is 0.408 e. The zero-order chi connectivity index (χ0) is 30.2. The summed E-state index contributed by atoms with van der Waals surface area (Å²) in [6.45, 7) is 15.1. The van der Waals surface area contributed by atoms with Crippen LogP contribution in [0, 0.1) is 20.8 Å². The van der Waals surface area contributed by atoms with Crippen molar-refractivity contribution in [3.05, 3.63) is 113 Å². The second-order valence-corrected chi connectivity index (χ2v) is 11.2.